The normalized spacial score (nSPS) is 44.4. The second-order valence-corrected chi connectivity index (χ2v) is 2.71. The van der Waals surface area contributed by atoms with Crippen molar-refractivity contribution in [2.24, 2.45) is 5.11 Å². The number of rotatable bonds is 2. The molecule has 4 atom stereocenters. The van der Waals surface area contributed by atoms with Gasteiger partial charge in [0.2, 0.25) is 0 Å². The lowest BCUT2D eigenvalue weighted by molar-refractivity contribution is -0.0947. The minimum atomic E-state index is -1.87. The average Bonchev–Trinajstić information content (AvgIpc) is 2.32. The molecule has 0 aliphatic carbocycles. The predicted octanol–water partition coefficient (Wildman–Crippen LogP) is -1.77. The van der Waals surface area contributed by atoms with E-state index < -0.39 is 30.5 Å². The third-order valence-corrected chi connectivity index (χ3v) is 1.90. The van der Waals surface area contributed by atoms with Crippen LogP contribution in [0.25, 0.3) is 10.4 Å². The van der Waals surface area contributed by atoms with Gasteiger partial charge >= 0.3 is 0 Å². The van der Waals surface area contributed by atoms with E-state index in [1.807, 2.05) is 0 Å². The predicted molar refractivity (Wildman–Crippen MR) is 41.6 cm³/mol. The van der Waals surface area contributed by atoms with Crippen molar-refractivity contribution >= 4 is 7.85 Å². The summed E-state index contributed by atoms with van der Waals surface area (Å²) in [6.45, 7) is -0.747. The van der Waals surface area contributed by atoms with E-state index in [4.69, 9.17) is 28.3 Å². The van der Waals surface area contributed by atoms with Crippen molar-refractivity contribution in [1.29, 1.82) is 0 Å². The van der Waals surface area contributed by atoms with Crippen LogP contribution in [0, 0.1) is 0 Å². The standard InChI is InChI=1S/C5H8BN3O4/c6-4-2(11)3(12)5(1-10,13-4)8-9-7/h2-4,10-12H,1H2/t2?,3?,4-,5?/m1/s1. The minimum Gasteiger partial charge on any atom is -0.393 e. The highest BCUT2D eigenvalue weighted by Crippen LogP contribution is 2.31. The van der Waals surface area contributed by atoms with Crippen LogP contribution in [0.4, 0.5) is 0 Å². The number of aliphatic hydroxyl groups excluding tert-OH is 3. The van der Waals surface area contributed by atoms with Crippen LogP contribution in [0.15, 0.2) is 5.11 Å². The van der Waals surface area contributed by atoms with Crippen molar-refractivity contribution in [3.63, 3.8) is 0 Å². The molecule has 1 aliphatic rings. The molecule has 1 saturated heterocycles. The molecule has 2 radical (unpaired) electrons. The lowest BCUT2D eigenvalue weighted by Gasteiger charge is -2.23. The molecule has 0 aromatic rings. The molecule has 1 rings (SSSR count). The van der Waals surface area contributed by atoms with Crippen LogP contribution < -0.4 is 0 Å². The summed E-state index contributed by atoms with van der Waals surface area (Å²) in [4.78, 5) is 2.39. The first kappa shape index (κ1) is 10.3. The van der Waals surface area contributed by atoms with Crippen LogP contribution >= 0.6 is 0 Å². The van der Waals surface area contributed by atoms with Gasteiger partial charge in [-0.3, -0.25) is 0 Å². The minimum absolute atomic E-state index is 0.747. The molecule has 1 fully saturated rings. The number of nitrogens with zero attached hydrogens (tertiary/aromatic N) is 3. The second kappa shape index (κ2) is 3.53. The van der Waals surface area contributed by atoms with Gasteiger partial charge in [-0.05, 0) is 5.53 Å². The summed E-state index contributed by atoms with van der Waals surface area (Å²) < 4.78 is 4.77. The molecule has 0 bridgehead atoms. The van der Waals surface area contributed by atoms with Crippen LogP contribution in [0.3, 0.4) is 0 Å². The highest BCUT2D eigenvalue weighted by Gasteiger charge is 2.51. The number of azide groups is 1. The van der Waals surface area contributed by atoms with Gasteiger partial charge in [-0.25, -0.2) is 0 Å². The molecule has 0 aromatic heterocycles. The summed E-state index contributed by atoms with van der Waals surface area (Å²) in [6, 6.07) is -1.17. The Hall–Kier alpha value is -0.785. The van der Waals surface area contributed by atoms with Crippen molar-refractivity contribution in [2.45, 2.75) is 23.9 Å². The molecular weight excluding hydrogens is 177 g/mol. The quantitative estimate of drug-likeness (QED) is 0.204. The zero-order valence-electron chi connectivity index (χ0n) is 6.61. The molecule has 3 N–H and O–H groups in total. The van der Waals surface area contributed by atoms with Crippen LogP contribution in [-0.4, -0.2) is 53.7 Å². The number of ether oxygens (including phenoxy) is 1. The van der Waals surface area contributed by atoms with E-state index in [1.54, 1.807) is 0 Å². The first-order valence-electron chi connectivity index (χ1n) is 3.54. The van der Waals surface area contributed by atoms with Crippen molar-refractivity contribution in [3.05, 3.63) is 10.4 Å². The Morgan fingerprint density at radius 2 is 2.23 bits per heavy atom. The van der Waals surface area contributed by atoms with Gasteiger partial charge in [-0.2, -0.15) is 0 Å². The highest BCUT2D eigenvalue weighted by molar-refractivity contribution is 6.11. The maximum absolute atomic E-state index is 9.33. The van der Waals surface area contributed by atoms with Gasteiger partial charge < -0.3 is 20.1 Å². The smallest absolute Gasteiger partial charge is 0.197 e. The first-order valence-corrected chi connectivity index (χ1v) is 3.54. The summed E-state index contributed by atoms with van der Waals surface area (Å²) in [6.07, 6.45) is -2.90. The van der Waals surface area contributed by atoms with E-state index in [2.05, 4.69) is 10.0 Å². The third-order valence-electron chi connectivity index (χ3n) is 1.90. The van der Waals surface area contributed by atoms with Crippen LogP contribution in [0.5, 0.6) is 0 Å². The van der Waals surface area contributed by atoms with Gasteiger partial charge in [0.15, 0.2) is 5.72 Å². The van der Waals surface area contributed by atoms with Gasteiger partial charge in [-0.1, -0.05) is 5.11 Å². The number of hydrogen-bond acceptors (Lipinski definition) is 5. The lowest BCUT2D eigenvalue weighted by atomic mass is 9.92. The molecule has 0 amide bonds. The van der Waals surface area contributed by atoms with Crippen molar-refractivity contribution in [2.75, 3.05) is 6.61 Å². The van der Waals surface area contributed by atoms with Crippen LogP contribution in [0.1, 0.15) is 0 Å². The maximum Gasteiger partial charge on any atom is 0.197 e. The van der Waals surface area contributed by atoms with Gasteiger partial charge in [-0.15, -0.1) is 0 Å². The summed E-state index contributed by atoms with van der Waals surface area (Å²) in [5.41, 5.74) is 6.28. The zero-order valence-corrected chi connectivity index (χ0v) is 6.61. The molecule has 1 heterocycles. The van der Waals surface area contributed by atoms with E-state index >= 15 is 0 Å². The molecule has 3 unspecified atom stereocenters. The topological polar surface area (TPSA) is 119 Å². The molecule has 70 valence electrons. The van der Waals surface area contributed by atoms with Crippen molar-refractivity contribution in [3.8, 4) is 0 Å². The van der Waals surface area contributed by atoms with E-state index in [0.717, 1.165) is 0 Å². The fourth-order valence-corrected chi connectivity index (χ4v) is 1.14. The molecule has 0 spiro atoms. The Bertz CT molecular complexity index is 246. The Morgan fingerprint density at radius 3 is 2.54 bits per heavy atom. The van der Waals surface area contributed by atoms with Gasteiger partial charge in [0.25, 0.3) is 0 Å². The fourth-order valence-electron chi connectivity index (χ4n) is 1.14. The van der Waals surface area contributed by atoms with Crippen LogP contribution in [-0.2, 0) is 4.74 Å². The summed E-state index contributed by atoms with van der Waals surface area (Å²) in [5.74, 6) is 0. The third kappa shape index (κ3) is 1.50. The molecule has 0 aromatic carbocycles. The van der Waals surface area contributed by atoms with E-state index in [0.29, 0.717) is 0 Å². The second-order valence-electron chi connectivity index (χ2n) is 2.71. The Labute approximate surface area is 75.0 Å². The average molecular weight is 185 g/mol. The van der Waals surface area contributed by atoms with Gasteiger partial charge in [0.1, 0.15) is 20.1 Å². The first-order chi connectivity index (χ1) is 6.07. The van der Waals surface area contributed by atoms with Crippen LogP contribution in [0.2, 0.25) is 0 Å². The number of aliphatic hydroxyl groups is 3. The zero-order chi connectivity index (χ0) is 10.1. The van der Waals surface area contributed by atoms with Crippen molar-refractivity contribution in [1.82, 2.24) is 0 Å². The Kier molecular flexibility index (Phi) is 2.79. The van der Waals surface area contributed by atoms with Crippen molar-refractivity contribution < 1.29 is 20.1 Å². The lowest BCUT2D eigenvalue weighted by Crippen LogP contribution is -2.44. The SMILES string of the molecule is [B][C@@H]1OC(CO)(N=[N+]=[N-])C(O)C1O. The number of hydrogen-bond donors (Lipinski definition) is 3. The molecule has 0 saturated carbocycles. The van der Waals surface area contributed by atoms with Gasteiger partial charge in [0, 0.05) is 10.9 Å². The van der Waals surface area contributed by atoms with E-state index in [-0.39, 0.29) is 0 Å². The monoisotopic (exact) mass is 185 g/mol. The fraction of sp³-hybridized carbons (Fsp3) is 1.00. The summed E-state index contributed by atoms with van der Waals surface area (Å²) >= 11 is 0. The summed E-state index contributed by atoms with van der Waals surface area (Å²) in [7, 11) is 5.22. The molecule has 8 heteroatoms. The molecule has 13 heavy (non-hydrogen) atoms. The van der Waals surface area contributed by atoms with E-state index in [1.165, 1.54) is 0 Å². The van der Waals surface area contributed by atoms with Gasteiger partial charge in [0.05, 0.1) is 6.61 Å². The molecular formula is C5H8BN3O4. The Balaban J connectivity index is 2.95. The largest absolute Gasteiger partial charge is 0.393 e. The van der Waals surface area contributed by atoms with E-state index in [9.17, 15) is 5.11 Å². The molecule has 1 aliphatic heterocycles. The summed E-state index contributed by atoms with van der Waals surface area (Å²) in [5, 5.41) is 30.4. The Morgan fingerprint density at radius 1 is 1.62 bits per heavy atom. The maximum atomic E-state index is 9.33. The molecule has 7 nitrogen and oxygen atoms in total. The highest BCUT2D eigenvalue weighted by atomic mass is 16.6.